The maximum atomic E-state index is 12.6. The molecule has 2 heterocycles. The summed E-state index contributed by atoms with van der Waals surface area (Å²) in [5, 5.41) is 3.01. The summed E-state index contributed by atoms with van der Waals surface area (Å²) in [7, 11) is 0. The van der Waals surface area contributed by atoms with Crippen LogP contribution in [0.25, 0.3) is 0 Å². The highest BCUT2D eigenvalue weighted by molar-refractivity contribution is 5.99. The smallest absolute Gasteiger partial charge is 0.409 e. The average molecular weight is 389 g/mol. The third-order valence-corrected chi connectivity index (χ3v) is 5.03. The number of carbonyl (C=O) groups is 3. The van der Waals surface area contributed by atoms with E-state index in [-0.39, 0.29) is 23.9 Å². The Kier molecular flexibility index (Phi) is 6.86. The number of likely N-dealkylation sites (tertiary alicyclic amines) is 1. The fraction of sp³-hybridized carbons (Fsp3) is 0.550. The number of morpholine rings is 1. The van der Waals surface area contributed by atoms with Crippen LogP contribution >= 0.6 is 0 Å². The van der Waals surface area contributed by atoms with Crippen molar-refractivity contribution in [2.75, 3.05) is 46.0 Å². The molecule has 0 aliphatic carbocycles. The molecule has 3 rings (SSSR count). The monoisotopic (exact) mass is 389 g/mol. The highest BCUT2D eigenvalue weighted by atomic mass is 16.6. The van der Waals surface area contributed by atoms with E-state index in [0.29, 0.717) is 70.0 Å². The fourth-order valence-electron chi connectivity index (χ4n) is 3.43. The zero-order valence-corrected chi connectivity index (χ0v) is 16.2. The van der Waals surface area contributed by atoms with Gasteiger partial charge in [0.1, 0.15) is 0 Å². The quantitative estimate of drug-likeness (QED) is 0.843. The number of benzene rings is 1. The topological polar surface area (TPSA) is 88.2 Å². The molecular weight excluding hydrogens is 362 g/mol. The molecule has 0 saturated carbocycles. The SMILES string of the molecule is CCOC(=O)N1CCC(NC(=O)c2cccc(C(=O)N3CCOCC3)c2)CC1. The van der Waals surface area contributed by atoms with Gasteiger partial charge in [-0.1, -0.05) is 6.07 Å². The van der Waals surface area contributed by atoms with E-state index in [1.54, 1.807) is 41.0 Å². The second-order valence-electron chi connectivity index (χ2n) is 6.92. The van der Waals surface area contributed by atoms with Crippen molar-refractivity contribution in [2.24, 2.45) is 0 Å². The van der Waals surface area contributed by atoms with Crippen LogP contribution in [0.4, 0.5) is 4.79 Å². The van der Waals surface area contributed by atoms with E-state index < -0.39 is 0 Å². The number of nitrogens with one attached hydrogen (secondary N) is 1. The lowest BCUT2D eigenvalue weighted by Crippen LogP contribution is -2.46. The Morgan fingerprint density at radius 1 is 1.07 bits per heavy atom. The maximum Gasteiger partial charge on any atom is 0.409 e. The first-order chi connectivity index (χ1) is 13.6. The molecule has 0 unspecified atom stereocenters. The number of ether oxygens (including phenoxy) is 2. The molecule has 1 N–H and O–H groups in total. The van der Waals surface area contributed by atoms with Crippen molar-refractivity contribution >= 4 is 17.9 Å². The standard InChI is InChI=1S/C20H27N3O5/c1-2-28-20(26)23-8-6-17(7-9-23)21-18(24)15-4-3-5-16(14-15)19(25)22-10-12-27-13-11-22/h3-5,14,17H,2,6-13H2,1H3,(H,21,24). The average Bonchev–Trinajstić information content (AvgIpc) is 2.74. The van der Waals surface area contributed by atoms with Crippen molar-refractivity contribution in [3.63, 3.8) is 0 Å². The minimum Gasteiger partial charge on any atom is -0.450 e. The Labute approximate surface area is 164 Å². The Hall–Kier alpha value is -2.61. The van der Waals surface area contributed by atoms with Crippen LogP contribution < -0.4 is 5.32 Å². The van der Waals surface area contributed by atoms with E-state index >= 15 is 0 Å². The number of hydrogen-bond acceptors (Lipinski definition) is 5. The van der Waals surface area contributed by atoms with Crippen molar-refractivity contribution < 1.29 is 23.9 Å². The van der Waals surface area contributed by atoms with Gasteiger partial charge in [-0.15, -0.1) is 0 Å². The molecule has 8 nitrogen and oxygen atoms in total. The van der Waals surface area contributed by atoms with Gasteiger partial charge in [-0.2, -0.15) is 0 Å². The van der Waals surface area contributed by atoms with Crippen molar-refractivity contribution in [3.05, 3.63) is 35.4 Å². The second-order valence-corrected chi connectivity index (χ2v) is 6.92. The van der Waals surface area contributed by atoms with Gasteiger partial charge in [0.15, 0.2) is 0 Å². The molecule has 3 amide bonds. The summed E-state index contributed by atoms with van der Waals surface area (Å²) >= 11 is 0. The van der Waals surface area contributed by atoms with Gasteiger partial charge in [0.05, 0.1) is 19.8 Å². The highest BCUT2D eigenvalue weighted by Gasteiger charge is 2.25. The molecule has 2 saturated heterocycles. The molecule has 0 bridgehead atoms. The molecule has 2 fully saturated rings. The summed E-state index contributed by atoms with van der Waals surface area (Å²) in [5.74, 6) is -0.285. The van der Waals surface area contributed by atoms with Crippen molar-refractivity contribution in [2.45, 2.75) is 25.8 Å². The molecule has 2 aliphatic rings. The predicted molar refractivity (Wildman–Crippen MR) is 102 cm³/mol. The van der Waals surface area contributed by atoms with Crippen LogP contribution in [0.15, 0.2) is 24.3 Å². The largest absolute Gasteiger partial charge is 0.450 e. The van der Waals surface area contributed by atoms with Crippen LogP contribution in [0.5, 0.6) is 0 Å². The van der Waals surface area contributed by atoms with E-state index in [2.05, 4.69) is 5.32 Å². The molecule has 28 heavy (non-hydrogen) atoms. The Morgan fingerprint density at radius 3 is 2.43 bits per heavy atom. The lowest BCUT2D eigenvalue weighted by Gasteiger charge is -2.31. The zero-order chi connectivity index (χ0) is 19.9. The van der Waals surface area contributed by atoms with Gasteiger partial charge in [-0.25, -0.2) is 4.79 Å². The summed E-state index contributed by atoms with van der Waals surface area (Å²) in [6.07, 6.45) is 1.05. The molecule has 0 spiro atoms. The summed E-state index contributed by atoms with van der Waals surface area (Å²) in [6.45, 7) is 5.45. The van der Waals surface area contributed by atoms with Gasteiger partial charge in [-0.3, -0.25) is 9.59 Å². The molecule has 0 radical (unpaired) electrons. The van der Waals surface area contributed by atoms with Gasteiger partial charge in [-0.05, 0) is 38.0 Å². The van der Waals surface area contributed by atoms with Gasteiger partial charge in [0.25, 0.3) is 11.8 Å². The normalized spacial score (nSPS) is 17.9. The highest BCUT2D eigenvalue weighted by Crippen LogP contribution is 2.14. The van der Waals surface area contributed by atoms with Crippen LogP contribution in [-0.2, 0) is 9.47 Å². The summed E-state index contributed by atoms with van der Waals surface area (Å²) in [4.78, 5) is 40.4. The molecule has 0 atom stereocenters. The lowest BCUT2D eigenvalue weighted by molar-refractivity contribution is 0.0303. The summed E-state index contributed by atoms with van der Waals surface area (Å²) in [6, 6.07) is 6.80. The summed E-state index contributed by atoms with van der Waals surface area (Å²) < 4.78 is 10.3. The molecule has 1 aromatic carbocycles. The molecule has 152 valence electrons. The van der Waals surface area contributed by atoms with Gasteiger partial charge >= 0.3 is 6.09 Å². The van der Waals surface area contributed by atoms with Crippen LogP contribution in [0.1, 0.15) is 40.5 Å². The first kappa shape index (κ1) is 20.1. The van der Waals surface area contributed by atoms with Gasteiger partial charge in [0, 0.05) is 43.3 Å². The Balaban J connectivity index is 1.55. The minimum atomic E-state index is -0.304. The van der Waals surface area contributed by atoms with Crippen LogP contribution in [0.3, 0.4) is 0 Å². The molecule has 2 aliphatic heterocycles. The molecular formula is C20H27N3O5. The number of rotatable bonds is 4. The van der Waals surface area contributed by atoms with E-state index in [1.807, 2.05) is 0 Å². The van der Waals surface area contributed by atoms with E-state index in [9.17, 15) is 14.4 Å². The Morgan fingerprint density at radius 2 is 1.75 bits per heavy atom. The first-order valence-electron chi connectivity index (χ1n) is 9.78. The van der Waals surface area contributed by atoms with Gasteiger partial charge < -0.3 is 24.6 Å². The molecule has 0 aromatic heterocycles. The van der Waals surface area contributed by atoms with Gasteiger partial charge in [0.2, 0.25) is 0 Å². The van der Waals surface area contributed by atoms with Crippen LogP contribution in [-0.4, -0.2) is 79.7 Å². The van der Waals surface area contributed by atoms with E-state index in [1.165, 1.54) is 0 Å². The van der Waals surface area contributed by atoms with Crippen molar-refractivity contribution in [1.82, 2.24) is 15.1 Å². The molecule has 1 aromatic rings. The third kappa shape index (κ3) is 5.01. The van der Waals surface area contributed by atoms with Crippen molar-refractivity contribution in [3.8, 4) is 0 Å². The number of amides is 3. The number of hydrogen-bond donors (Lipinski definition) is 1. The maximum absolute atomic E-state index is 12.6. The fourth-order valence-corrected chi connectivity index (χ4v) is 3.43. The number of piperidine rings is 1. The predicted octanol–water partition coefficient (Wildman–Crippen LogP) is 1.51. The molecule has 8 heteroatoms. The minimum absolute atomic E-state index is 0.00298. The number of nitrogens with zero attached hydrogens (tertiary/aromatic N) is 2. The van der Waals surface area contributed by atoms with E-state index in [0.717, 1.165) is 0 Å². The number of carbonyl (C=O) groups excluding carboxylic acids is 3. The van der Waals surface area contributed by atoms with Crippen LogP contribution in [0.2, 0.25) is 0 Å². The zero-order valence-electron chi connectivity index (χ0n) is 16.2. The van der Waals surface area contributed by atoms with Crippen molar-refractivity contribution in [1.29, 1.82) is 0 Å². The second kappa shape index (κ2) is 9.54. The van der Waals surface area contributed by atoms with Crippen LogP contribution in [0, 0.1) is 0 Å². The lowest BCUT2D eigenvalue weighted by atomic mass is 10.0. The summed E-state index contributed by atoms with van der Waals surface area (Å²) in [5.41, 5.74) is 0.971. The Bertz CT molecular complexity index is 710. The first-order valence-corrected chi connectivity index (χ1v) is 9.78. The third-order valence-electron chi connectivity index (χ3n) is 5.03. The van der Waals surface area contributed by atoms with E-state index in [4.69, 9.17) is 9.47 Å².